The molecule has 0 spiro atoms. The molecule has 1 atom stereocenters. The minimum atomic E-state index is -1.29. The second-order valence-corrected chi connectivity index (χ2v) is 8.56. The number of carbonyl (C=O) groups is 3. The number of nitrogens with zero attached hydrogens (tertiary/aromatic N) is 1. The Morgan fingerprint density at radius 3 is 2.72 bits per heavy atom. The van der Waals surface area contributed by atoms with E-state index in [9.17, 15) is 19.5 Å². The van der Waals surface area contributed by atoms with Crippen molar-refractivity contribution in [2.24, 2.45) is 0 Å². The number of rotatable bonds is 3. The van der Waals surface area contributed by atoms with E-state index in [2.05, 4.69) is 10.6 Å². The Bertz CT molecular complexity index is 1100. The third kappa shape index (κ3) is 3.60. The molecule has 3 aliphatic rings. The zero-order valence-electron chi connectivity index (χ0n) is 17.6. The van der Waals surface area contributed by atoms with E-state index in [1.54, 1.807) is 18.2 Å². The fourth-order valence-corrected chi connectivity index (χ4v) is 4.85. The predicted molar refractivity (Wildman–Crippen MR) is 118 cm³/mol. The molecule has 8 heteroatoms. The number of amides is 3. The smallest absolute Gasteiger partial charge is 0.313 e. The summed E-state index contributed by atoms with van der Waals surface area (Å²) in [7, 11) is 0. The van der Waals surface area contributed by atoms with Gasteiger partial charge in [-0.1, -0.05) is 18.2 Å². The first-order chi connectivity index (χ1) is 15.4. The van der Waals surface area contributed by atoms with E-state index >= 15 is 0 Å². The number of aryl methyl sites for hydroxylation is 2. The van der Waals surface area contributed by atoms with Crippen LogP contribution in [-0.4, -0.2) is 42.5 Å². The third-order valence-corrected chi connectivity index (χ3v) is 6.44. The summed E-state index contributed by atoms with van der Waals surface area (Å²) in [4.78, 5) is 39.1. The average molecular weight is 435 g/mol. The molecule has 0 fully saturated rings. The van der Waals surface area contributed by atoms with Crippen molar-refractivity contribution < 1.29 is 24.2 Å². The molecule has 5 rings (SSSR count). The normalized spacial score (nSPS) is 21.2. The molecule has 0 aromatic heterocycles. The largest absolute Gasteiger partial charge is 0.493 e. The van der Waals surface area contributed by atoms with E-state index in [1.807, 2.05) is 23.1 Å². The maximum absolute atomic E-state index is 12.5. The van der Waals surface area contributed by atoms with E-state index in [1.165, 1.54) is 0 Å². The van der Waals surface area contributed by atoms with Crippen LogP contribution < -0.4 is 20.3 Å². The SMILES string of the molecule is O=C(NCC1(O)CCOc2ccccc21)C(=O)Nc1cc2c3c(c1)CCC(=O)N3CCC2. The van der Waals surface area contributed by atoms with E-state index < -0.39 is 17.4 Å². The summed E-state index contributed by atoms with van der Waals surface area (Å²) >= 11 is 0. The maximum atomic E-state index is 12.5. The number of anilines is 2. The number of carbonyl (C=O) groups excluding carboxylic acids is 3. The molecule has 2 aromatic rings. The van der Waals surface area contributed by atoms with Crippen LogP contribution in [-0.2, 0) is 32.8 Å². The van der Waals surface area contributed by atoms with Gasteiger partial charge in [-0.25, -0.2) is 0 Å². The van der Waals surface area contributed by atoms with Gasteiger partial charge in [0.15, 0.2) is 0 Å². The van der Waals surface area contributed by atoms with Crippen LogP contribution in [0.5, 0.6) is 5.75 Å². The summed E-state index contributed by atoms with van der Waals surface area (Å²) in [5.74, 6) is -0.885. The number of ether oxygens (including phenoxy) is 1. The summed E-state index contributed by atoms with van der Waals surface area (Å²) in [5.41, 5.74) is 2.85. The number of benzene rings is 2. The highest BCUT2D eigenvalue weighted by molar-refractivity contribution is 6.39. The first kappa shape index (κ1) is 20.5. The van der Waals surface area contributed by atoms with E-state index in [0.717, 1.165) is 36.2 Å². The molecule has 0 aliphatic carbocycles. The van der Waals surface area contributed by atoms with Crippen molar-refractivity contribution in [3.8, 4) is 5.75 Å². The Balaban J connectivity index is 1.27. The lowest BCUT2D eigenvalue weighted by molar-refractivity contribution is -0.137. The van der Waals surface area contributed by atoms with Gasteiger partial charge in [-0.15, -0.1) is 0 Å². The highest BCUT2D eigenvalue weighted by atomic mass is 16.5. The van der Waals surface area contributed by atoms with Crippen molar-refractivity contribution in [1.82, 2.24) is 5.32 Å². The van der Waals surface area contributed by atoms with Crippen molar-refractivity contribution in [2.45, 2.75) is 37.7 Å². The number of para-hydroxylation sites is 1. The number of hydrogen-bond donors (Lipinski definition) is 3. The van der Waals surface area contributed by atoms with Gasteiger partial charge in [0.2, 0.25) is 5.91 Å². The zero-order valence-corrected chi connectivity index (χ0v) is 17.6. The second-order valence-electron chi connectivity index (χ2n) is 8.56. The van der Waals surface area contributed by atoms with Gasteiger partial charge >= 0.3 is 11.8 Å². The van der Waals surface area contributed by atoms with Gasteiger partial charge in [0.1, 0.15) is 11.4 Å². The molecule has 8 nitrogen and oxygen atoms in total. The molecule has 3 amide bonds. The van der Waals surface area contributed by atoms with Crippen LogP contribution in [0.4, 0.5) is 11.4 Å². The molecule has 2 aromatic carbocycles. The first-order valence-corrected chi connectivity index (χ1v) is 10.9. The molecule has 166 valence electrons. The van der Waals surface area contributed by atoms with Crippen LogP contribution in [0.3, 0.4) is 0 Å². The Hall–Kier alpha value is -3.39. The molecule has 0 bridgehead atoms. The summed E-state index contributed by atoms with van der Waals surface area (Å²) in [6, 6.07) is 10.8. The quantitative estimate of drug-likeness (QED) is 0.636. The fourth-order valence-electron chi connectivity index (χ4n) is 4.85. The lowest BCUT2D eigenvalue weighted by atomic mass is 9.88. The fraction of sp³-hybridized carbons (Fsp3) is 0.375. The van der Waals surface area contributed by atoms with Gasteiger partial charge in [0.25, 0.3) is 0 Å². The molecule has 32 heavy (non-hydrogen) atoms. The Kier molecular flexibility index (Phi) is 5.09. The zero-order chi connectivity index (χ0) is 22.3. The summed E-state index contributed by atoms with van der Waals surface area (Å²) in [5, 5.41) is 16.3. The average Bonchev–Trinajstić information content (AvgIpc) is 2.80. The molecule has 3 aliphatic heterocycles. The van der Waals surface area contributed by atoms with E-state index in [-0.39, 0.29) is 12.5 Å². The van der Waals surface area contributed by atoms with E-state index in [0.29, 0.717) is 42.9 Å². The van der Waals surface area contributed by atoms with Gasteiger partial charge in [-0.3, -0.25) is 14.4 Å². The van der Waals surface area contributed by atoms with Gasteiger partial charge in [-0.2, -0.15) is 0 Å². The van der Waals surface area contributed by atoms with Crippen LogP contribution >= 0.6 is 0 Å². The molecule has 1 unspecified atom stereocenters. The Labute approximate surface area is 185 Å². The number of hydrogen-bond acceptors (Lipinski definition) is 5. The monoisotopic (exact) mass is 435 g/mol. The van der Waals surface area contributed by atoms with E-state index in [4.69, 9.17) is 4.74 Å². The molecule has 0 saturated carbocycles. The van der Waals surface area contributed by atoms with Crippen molar-refractivity contribution in [3.05, 3.63) is 53.1 Å². The minimum Gasteiger partial charge on any atom is -0.493 e. The standard InChI is InChI=1S/C24H25N3O5/c28-20-8-7-16-13-17(12-15-4-3-10-27(20)21(15)16)26-23(30)22(29)25-14-24(31)9-11-32-19-6-2-1-5-18(19)24/h1-2,5-6,12-13,31H,3-4,7-11,14H2,(H,25,29)(H,26,30). The molecular weight excluding hydrogens is 410 g/mol. The van der Waals surface area contributed by atoms with Crippen LogP contribution in [0.15, 0.2) is 36.4 Å². The lowest BCUT2D eigenvalue weighted by Gasteiger charge is -2.35. The maximum Gasteiger partial charge on any atom is 0.313 e. The summed E-state index contributed by atoms with van der Waals surface area (Å²) < 4.78 is 5.56. The van der Waals surface area contributed by atoms with Crippen molar-refractivity contribution in [3.63, 3.8) is 0 Å². The van der Waals surface area contributed by atoms with Crippen molar-refractivity contribution >= 4 is 29.1 Å². The van der Waals surface area contributed by atoms with Gasteiger partial charge < -0.3 is 25.4 Å². The topological polar surface area (TPSA) is 108 Å². The summed E-state index contributed by atoms with van der Waals surface area (Å²) in [6.45, 7) is 0.961. The molecule has 0 radical (unpaired) electrons. The number of fused-ring (bicyclic) bond motifs is 1. The van der Waals surface area contributed by atoms with Crippen LogP contribution in [0, 0.1) is 0 Å². The van der Waals surface area contributed by atoms with Crippen LogP contribution in [0.2, 0.25) is 0 Å². The number of nitrogens with one attached hydrogen (secondary N) is 2. The highest BCUT2D eigenvalue weighted by Gasteiger charge is 2.36. The molecule has 3 N–H and O–H groups in total. The van der Waals surface area contributed by atoms with Gasteiger partial charge in [0.05, 0.1) is 18.8 Å². The molecule has 3 heterocycles. The molecule has 0 saturated heterocycles. The van der Waals surface area contributed by atoms with Crippen molar-refractivity contribution in [2.75, 3.05) is 29.9 Å². The van der Waals surface area contributed by atoms with Crippen LogP contribution in [0.1, 0.15) is 36.0 Å². The highest BCUT2D eigenvalue weighted by Crippen LogP contribution is 2.38. The Morgan fingerprint density at radius 2 is 1.88 bits per heavy atom. The summed E-state index contributed by atoms with van der Waals surface area (Å²) in [6.07, 6.45) is 3.10. The minimum absolute atomic E-state index is 0.0911. The predicted octanol–water partition coefficient (Wildman–Crippen LogP) is 1.64. The van der Waals surface area contributed by atoms with Crippen LogP contribution in [0.25, 0.3) is 0 Å². The number of aliphatic hydroxyl groups is 1. The van der Waals surface area contributed by atoms with Crippen molar-refractivity contribution in [1.29, 1.82) is 0 Å². The first-order valence-electron chi connectivity index (χ1n) is 10.9. The Morgan fingerprint density at radius 1 is 1.09 bits per heavy atom. The van der Waals surface area contributed by atoms with Gasteiger partial charge in [-0.05, 0) is 48.6 Å². The lowest BCUT2D eigenvalue weighted by Crippen LogP contribution is -2.46. The van der Waals surface area contributed by atoms with Gasteiger partial charge in [0, 0.05) is 30.6 Å². The molecular formula is C24H25N3O5. The third-order valence-electron chi connectivity index (χ3n) is 6.44. The second kappa shape index (κ2) is 7.94.